The van der Waals surface area contributed by atoms with Crippen molar-refractivity contribution in [3.8, 4) is 5.69 Å². The lowest BCUT2D eigenvalue weighted by molar-refractivity contribution is -0.120. The van der Waals surface area contributed by atoms with E-state index in [4.69, 9.17) is 0 Å². The summed E-state index contributed by atoms with van der Waals surface area (Å²) < 4.78 is 1.76. The number of rotatable bonds is 3. The smallest absolute Gasteiger partial charge is 0.228 e. The molecule has 1 saturated heterocycles. The van der Waals surface area contributed by atoms with Crippen molar-refractivity contribution < 1.29 is 4.79 Å². The number of anilines is 1. The summed E-state index contributed by atoms with van der Waals surface area (Å²) in [4.78, 5) is 12.1. The molecule has 2 heterocycles. The van der Waals surface area contributed by atoms with E-state index in [1.54, 1.807) is 10.9 Å². The number of hydrogen-bond acceptors (Lipinski definition) is 3. The zero-order chi connectivity index (χ0) is 13.8. The Hall–Kier alpha value is -2.14. The van der Waals surface area contributed by atoms with Crippen molar-refractivity contribution in [1.29, 1.82) is 0 Å². The second-order valence-electron chi connectivity index (χ2n) is 5.04. The zero-order valence-electron chi connectivity index (χ0n) is 11.2. The summed E-state index contributed by atoms with van der Waals surface area (Å²) in [6.07, 6.45) is 5.53. The van der Waals surface area contributed by atoms with Gasteiger partial charge in [0.1, 0.15) is 0 Å². The quantitative estimate of drug-likeness (QED) is 0.894. The highest BCUT2D eigenvalue weighted by Gasteiger charge is 2.21. The topological polar surface area (TPSA) is 59.0 Å². The van der Waals surface area contributed by atoms with Crippen LogP contribution >= 0.6 is 0 Å². The third-order valence-electron chi connectivity index (χ3n) is 3.54. The minimum absolute atomic E-state index is 0.0591. The third-order valence-corrected chi connectivity index (χ3v) is 3.54. The predicted octanol–water partition coefficient (Wildman–Crippen LogP) is 1.81. The van der Waals surface area contributed by atoms with Gasteiger partial charge in [0.15, 0.2) is 0 Å². The summed E-state index contributed by atoms with van der Waals surface area (Å²) >= 11 is 0. The number of carbonyl (C=O) groups excluding carboxylic acids is 1. The highest BCUT2D eigenvalue weighted by molar-refractivity contribution is 5.92. The summed E-state index contributed by atoms with van der Waals surface area (Å²) in [6.45, 7) is 1.77. The van der Waals surface area contributed by atoms with Crippen molar-refractivity contribution in [3.05, 3.63) is 42.7 Å². The average molecular weight is 270 g/mol. The maximum Gasteiger partial charge on any atom is 0.228 e. The molecule has 0 spiro atoms. The Morgan fingerprint density at radius 3 is 2.95 bits per heavy atom. The molecule has 0 saturated carbocycles. The zero-order valence-corrected chi connectivity index (χ0v) is 11.2. The Kier molecular flexibility index (Phi) is 3.78. The summed E-state index contributed by atoms with van der Waals surface area (Å²) in [6, 6.07) is 9.84. The summed E-state index contributed by atoms with van der Waals surface area (Å²) in [5, 5.41) is 10.5. The Morgan fingerprint density at radius 2 is 2.20 bits per heavy atom. The standard InChI is InChI=1S/C15H18N4O/c20-15(12-5-4-8-16-9-12)18-13-10-17-19(11-13)14-6-2-1-3-7-14/h1-3,6-7,10-12,16H,4-5,8-9H2,(H,18,20). The fourth-order valence-electron chi connectivity index (χ4n) is 2.43. The molecule has 0 radical (unpaired) electrons. The van der Waals surface area contributed by atoms with Crippen LogP contribution < -0.4 is 10.6 Å². The van der Waals surface area contributed by atoms with Gasteiger partial charge < -0.3 is 10.6 Å². The Bertz CT molecular complexity index is 573. The SMILES string of the molecule is O=C(Nc1cnn(-c2ccccc2)c1)C1CCCNC1. The lowest BCUT2D eigenvalue weighted by atomic mass is 9.99. The van der Waals surface area contributed by atoms with Crippen molar-refractivity contribution in [2.45, 2.75) is 12.8 Å². The maximum atomic E-state index is 12.1. The van der Waals surface area contributed by atoms with E-state index < -0.39 is 0 Å². The molecule has 1 aromatic carbocycles. The summed E-state index contributed by atoms with van der Waals surface area (Å²) in [5.41, 5.74) is 1.72. The number of benzene rings is 1. The molecule has 5 nitrogen and oxygen atoms in total. The number of nitrogens with one attached hydrogen (secondary N) is 2. The highest BCUT2D eigenvalue weighted by atomic mass is 16.1. The number of aromatic nitrogens is 2. The molecule has 1 aliphatic rings. The fourth-order valence-corrected chi connectivity index (χ4v) is 2.43. The van der Waals surface area contributed by atoms with Crippen LogP contribution in [0.1, 0.15) is 12.8 Å². The lowest BCUT2D eigenvalue weighted by Gasteiger charge is -2.21. The van der Waals surface area contributed by atoms with Crippen LogP contribution in [0.5, 0.6) is 0 Å². The average Bonchev–Trinajstić information content (AvgIpc) is 2.97. The van der Waals surface area contributed by atoms with E-state index in [1.807, 2.05) is 36.5 Å². The second-order valence-corrected chi connectivity index (χ2v) is 5.04. The highest BCUT2D eigenvalue weighted by Crippen LogP contribution is 2.15. The van der Waals surface area contributed by atoms with Crippen molar-refractivity contribution >= 4 is 11.6 Å². The fraction of sp³-hybridized carbons (Fsp3) is 0.333. The van der Waals surface area contributed by atoms with Gasteiger partial charge in [0.05, 0.1) is 29.7 Å². The van der Waals surface area contributed by atoms with E-state index in [-0.39, 0.29) is 11.8 Å². The minimum atomic E-state index is 0.0591. The molecule has 1 aromatic heterocycles. The van der Waals surface area contributed by atoms with Crippen LogP contribution in [0.15, 0.2) is 42.7 Å². The third kappa shape index (κ3) is 2.88. The number of piperidine rings is 1. The molecule has 0 bridgehead atoms. The van der Waals surface area contributed by atoms with Crippen LogP contribution in [0.4, 0.5) is 5.69 Å². The van der Waals surface area contributed by atoms with Crippen LogP contribution in [-0.2, 0) is 4.79 Å². The first-order chi connectivity index (χ1) is 9.83. The van der Waals surface area contributed by atoms with Crippen molar-refractivity contribution in [2.24, 2.45) is 5.92 Å². The molecule has 3 rings (SSSR count). The molecule has 104 valence electrons. The predicted molar refractivity (Wildman–Crippen MR) is 77.8 cm³/mol. The Balaban J connectivity index is 1.66. The Morgan fingerprint density at radius 1 is 1.35 bits per heavy atom. The van der Waals surface area contributed by atoms with E-state index in [9.17, 15) is 4.79 Å². The molecule has 2 aromatic rings. The summed E-state index contributed by atoms with van der Waals surface area (Å²) in [5.74, 6) is 0.133. The van der Waals surface area contributed by atoms with E-state index in [2.05, 4.69) is 15.7 Å². The van der Waals surface area contributed by atoms with Gasteiger partial charge in [-0.05, 0) is 31.5 Å². The molecule has 1 unspecified atom stereocenters. The van der Waals surface area contributed by atoms with Crippen LogP contribution in [0.2, 0.25) is 0 Å². The van der Waals surface area contributed by atoms with Gasteiger partial charge in [-0.25, -0.2) is 4.68 Å². The van der Waals surface area contributed by atoms with Gasteiger partial charge in [-0.2, -0.15) is 5.10 Å². The monoisotopic (exact) mass is 270 g/mol. The number of hydrogen-bond donors (Lipinski definition) is 2. The molecular weight excluding hydrogens is 252 g/mol. The number of para-hydroxylation sites is 1. The molecular formula is C15H18N4O. The first-order valence-electron chi connectivity index (χ1n) is 6.94. The molecule has 1 amide bonds. The van der Waals surface area contributed by atoms with Gasteiger partial charge in [0.25, 0.3) is 0 Å². The van der Waals surface area contributed by atoms with Crippen molar-refractivity contribution in [2.75, 3.05) is 18.4 Å². The minimum Gasteiger partial charge on any atom is -0.323 e. The number of nitrogens with zero attached hydrogens (tertiary/aromatic N) is 2. The molecule has 1 aliphatic heterocycles. The normalized spacial score (nSPS) is 18.7. The van der Waals surface area contributed by atoms with Gasteiger partial charge in [-0.15, -0.1) is 0 Å². The number of amides is 1. The van der Waals surface area contributed by atoms with Crippen LogP contribution in [0, 0.1) is 5.92 Å². The van der Waals surface area contributed by atoms with E-state index in [1.165, 1.54) is 0 Å². The molecule has 5 heteroatoms. The first kappa shape index (κ1) is 12.9. The molecule has 0 aliphatic carbocycles. The first-order valence-corrected chi connectivity index (χ1v) is 6.94. The van der Waals surface area contributed by atoms with Gasteiger partial charge >= 0.3 is 0 Å². The van der Waals surface area contributed by atoms with Crippen LogP contribution in [0.3, 0.4) is 0 Å². The second kappa shape index (κ2) is 5.88. The number of carbonyl (C=O) groups is 1. The Labute approximate surface area is 118 Å². The van der Waals surface area contributed by atoms with Crippen molar-refractivity contribution in [1.82, 2.24) is 15.1 Å². The van der Waals surface area contributed by atoms with Gasteiger partial charge in [-0.3, -0.25) is 4.79 Å². The van der Waals surface area contributed by atoms with Crippen molar-refractivity contribution in [3.63, 3.8) is 0 Å². The van der Waals surface area contributed by atoms with Crippen LogP contribution in [-0.4, -0.2) is 28.8 Å². The van der Waals surface area contributed by atoms with E-state index in [0.29, 0.717) is 0 Å². The maximum absolute atomic E-state index is 12.1. The largest absolute Gasteiger partial charge is 0.323 e. The summed E-state index contributed by atoms with van der Waals surface area (Å²) in [7, 11) is 0. The molecule has 2 N–H and O–H groups in total. The lowest BCUT2D eigenvalue weighted by Crippen LogP contribution is -2.37. The van der Waals surface area contributed by atoms with Gasteiger partial charge in [0.2, 0.25) is 5.91 Å². The van der Waals surface area contributed by atoms with E-state index >= 15 is 0 Å². The molecule has 20 heavy (non-hydrogen) atoms. The molecule has 1 fully saturated rings. The van der Waals surface area contributed by atoms with Gasteiger partial charge in [0, 0.05) is 6.54 Å². The van der Waals surface area contributed by atoms with Gasteiger partial charge in [-0.1, -0.05) is 18.2 Å². The van der Waals surface area contributed by atoms with E-state index in [0.717, 1.165) is 37.3 Å². The molecule has 1 atom stereocenters. The van der Waals surface area contributed by atoms with Crippen LogP contribution in [0.25, 0.3) is 5.69 Å².